The molecule has 1 nitrogen and oxygen atoms in total. The van der Waals surface area contributed by atoms with E-state index in [-0.39, 0.29) is 22.9 Å². The van der Waals surface area contributed by atoms with Gasteiger partial charge in [-0.2, -0.15) is 14.1 Å². The Morgan fingerprint density at radius 2 is 1.17 bits per heavy atom. The summed E-state index contributed by atoms with van der Waals surface area (Å²) in [5.74, 6) is 0. The molecule has 0 unspecified atom stereocenters. The van der Waals surface area contributed by atoms with E-state index in [4.69, 9.17) is 0 Å². The van der Waals surface area contributed by atoms with Crippen molar-refractivity contribution in [1.29, 1.82) is 0 Å². The Kier molecular flexibility index (Phi) is 28.2. The van der Waals surface area contributed by atoms with Crippen molar-refractivity contribution in [3.63, 3.8) is 0 Å². The molecular formula is C4H12InN-. The molecule has 0 atom stereocenters. The van der Waals surface area contributed by atoms with Crippen LogP contribution in [-0.4, -0.2) is 37.0 Å². The minimum absolute atomic E-state index is 0.110. The van der Waals surface area contributed by atoms with Crippen molar-refractivity contribution in [2.75, 3.05) is 14.1 Å². The number of hydrogen-bond donors (Lipinski definition) is 0. The molecule has 0 aliphatic heterocycles. The van der Waals surface area contributed by atoms with Crippen molar-refractivity contribution < 1.29 is 0 Å². The third kappa shape index (κ3) is 103. The molecule has 0 heterocycles. The van der Waals surface area contributed by atoms with Gasteiger partial charge in [0.15, 0.2) is 0 Å². The van der Waals surface area contributed by atoms with E-state index in [0.29, 0.717) is 0 Å². The molecule has 0 amide bonds. The van der Waals surface area contributed by atoms with E-state index in [9.17, 15) is 0 Å². The second-order valence-electron chi connectivity index (χ2n) is 1.02. The summed E-state index contributed by atoms with van der Waals surface area (Å²) in [6, 6.07) is 0. The molecule has 1 radical (unpaired) electrons. The van der Waals surface area contributed by atoms with Crippen LogP contribution in [0, 0.1) is 0 Å². The Hall–Kier alpha value is 0.830. The molecule has 0 rings (SSSR count). The van der Waals surface area contributed by atoms with Crippen molar-refractivity contribution in [3.05, 3.63) is 5.32 Å². The first-order valence-electron chi connectivity index (χ1n) is 2.05. The summed E-state index contributed by atoms with van der Waals surface area (Å²) in [6.07, 6.45) is 0. The van der Waals surface area contributed by atoms with Crippen LogP contribution < -0.4 is 0 Å². The molecular weight excluding hydrogens is 177 g/mol. The van der Waals surface area contributed by atoms with Gasteiger partial charge in [0.25, 0.3) is 0 Å². The quantitative estimate of drug-likeness (QED) is 0.546. The molecule has 0 fully saturated rings. The Morgan fingerprint density at radius 1 is 1.17 bits per heavy atom. The fourth-order valence-electron chi connectivity index (χ4n) is 0. The van der Waals surface area contributed by atoms with Crippen LogP contribution in [0.15, 0.2) is 0 Å². The summed E-state index contributed by atoms with van der Waals surface area (Å²) in [5, 5.41) is 3.50. The van der Waals surface area contributed by atoms with Crippen molar-refractivity contribution in [2.45, 2.75) is 9.36 Å². The molecule has 6 heavy (non-hydrogen) atoms. The van der Waals surface area contributed by atoms with E-state index < -0.39 is 0 Å². The monoisotopic (exact) mass is 189 g/mol. The first-order valence-corrected chi connectivity index (χ1v) is 8.64. The van der Waals surface area contributed by atoms with Crippen LogP contribution in [0.3, 0.4) is 0 Å². The maximum absolute atomic E-state index is 3.50. The summed E-state index contributed by atoms with van der Waals surface area (Å²) in [7, 11) is 3.50. The molecule has 37 valence electrons. The third-order valence-electron chi connectivity index (χ3n) is 0. The average Bonchev–Trinajstić information content (AvgIpc) is 1.39. The van der Waals surface area contributed by atoms with Crippen LogP contribution in [0.25, 0.3) is 5.32 Å². The first-order chi connectivity index (χ1) is 2.83. The van der Waals surface area contributed by atoms with Gasteiger partial charge in [-0.15, -0.1) is 0 Å². The normalized spacial score (nSPS) is 5.33. The molecule has 0 N–H and O–H groups in total. The van der Waals surface area contributed by atoms with Crippen molar-refractivity contribution in [3.8, 4) is 0 Å². The summed E-state index contributed by atoms with van der Waals surface area (Å²) in [4.78, 5) is 0. The van der Waals surface area contributed by atoms with E-state index in [1.54, 1.807) is 14.1 Å². The van der Waals surface area contributed by atoms with E-state index >= 15 is 0 Å². The summed E-state index contributed by atoms with van der Waals surface area (Å²) in [5.41, 5.74) is 0. The molecule has 0 aliphatic rings. The summed E-state index contributed by atoms with van der Waals surface area (Å²) in [6.45, 7) is 0. The fraction of sp³-hybridized carbons (Fsp3) is 1.00. The predicted octanol–water partition coefficient (Wildman–Crippen LogP) is 1.41. The summed E-state index contributed by atoms with van der Waals surface area (Å²) < 4.78 is 4.63. The van der Waals surface area contributed by atoms with Gasteiger partial charge in [0.05, 0.1) is 0 Å². The van der Waals surface area contributed by atoms with Gasteiger partial charge in [0, 0.05) is 0 Å². The number of hydrogen-bond acceptors (Lipinski definition) is 0. The van der Waals surface area contributed by atoms with Crippen LogP contribution in [0.1, 0.15) is 0 Å². The van der Waals surface area contributed by atoms with Crippen molar-refractivity contribution >= 4 is 22.9 Å². The van der Waals surface area contributed by atoms with Crippen LogP contribution >= 0.6 is 0 Å². The zero-order chi connectivity index (χ0) is 5.41. The van der Waals surface area contributed by atoms with E-state index in [1.807, 2.05) is 0 Å². The zero-order valence-electron chi connectivity index (χ0n) is 5.02. The van der Waals surface area contributed by atoms with Gasteiger partial charge in [-0.05, 0) is 0 Å². The Morgan fingerprint density at radius 3 is 1.17 bits per heavy atom. The average molecular weight is 189 g/mol. The Bertz CT molecular complexity index is 9.51. The van der Waals surface area contributed by atoms with Gasteiger partial charge < -0.3 is 5.32 Å². The number of rotatable bonds is 0. The number of nitrogens with zero attached hydrogens (tertiary/aromatic N) is 1. The van der Waals surface area contributed by atoms with Gasteiger partial charge in [0.1, 0.15) is 0 Å². The molecule has 0 saturated carbocycles. The topological polar surface area (TPSA) is 14.1 Å². The van der Waals surface area contributed by atoms with E-state index in [0.717, 1.165) is 0 Å². The fourth-order valence-corrected chi connectivity index (χ4v) is 0. The van der Waals surface area contributed by atoms with Gasteiger partial charge in [-0.25, -0.2) is 0 Å². The van der Waals surface area contributed by atoms with E-state index in [2.05, 4.69) is 14.7 Å². The van der Waals surface area contributed by atoms with Gasteiger partial charge >= 0.3 is 32.3 Å². The van der Waals surface area contributed by atoms with Crippen LogP contribution in [-0.2, 0) is 0 Å². The standard InChI is InChI=1S/C2H6N.2CH3.In/c1-3-2;;;/h1-2H3;2*1H3;/q-1;;;. The van der Waals surface area contributed by atoms with Gasteiger partial charge in [0.2, 0.25) is 0 Å². The Balaban J connectivity index is 0. The molecule has 2 heteroatoms. The minimum atomic E-state index is 0.110. The Labute approximate surface area is 51.9 Å². The van der Waals surface area contributed by atoms with Crippen LogP contribution in [0.5, 0.6) is 0 Å². The second-order valence-corrected chi connectivity index (χ2v) is 4.32. The molecule has 0 aromatic heterocycles. The van der Waals surface area contributed by atoms with Crippen molar-refractivity contribution in [2.24, 2.45) is 0 Å². The molecule has 0 aromatic rings. The molecule has 0 aromatic carbocycles. The van der Waals surface area contributed by atoms with Crippen LogP contribution in [0.4, 0.5) is 0 Å². The SMILES string of the molecule is C[N-]C.[CH3][In][CH3]. The predicted molar refractivity (Wildman–Crippen MR) is 32.7 cm³/mol. The molecule has 0 saturated heterocycles. The zero-order valence-corrected chi connectivity index (χ0v) is 8.32. The van der Waals surface area contributed by atoms with Gasteiger partial charge in [-0.1, -0.05) is 0 Å². The van der Waals surface area contributed by atoms with Crippen LogP contribution in [0.2, 0.25) is 9.36 Å². The first kappa shape index (κ1) is 9.95. The molecule has 0 aliphatic carbocycles. The van der Waals surface area contributed by atoms with E-state index in [1.165, 1.54) is 0 Å². The third-order valence-corrected chi connectivity index (χ3v) is 0. The van der Waals surface area contributed by atoms with Gasteiger partial charge in [-0.3, -0.25) is 0 Å². The summed E-state index contributed by atoms with van der Waals surface area (Å²) >= 11 is 0.110. The maximum atomic E-state index is 3.50. The second kappa shape index (κ2) is 17.0. The van der Waals surface area contributed by atoms with Crippen molar-refractivity contribution in [1.82, 2.24) is 0 Å². The molecule has 0 spiro atoms. The molecule has 0 bridgehead atoms.